The molecule has 1 aliphatic heterocycles. The van der Waals surface area contributed by atoms with Gasteiger partial charge in [0.05, 0.1) is 18.3 Å². The number of nitrogens with one attached hydrogen (secondary N) is 1. The number of hydrogen-bond donors (Lipinski definition) is 7. The second-order valence-corrected chi connectivity index (χ2v) is 12.0. The van der Waals surface area contributed by atoms with E-state index in [-0.39, 0.29) is 16.9 Å². The van der Waals surface area contributed by atoms with E-state index in [9.17, 15) is 43.3 Å². The molecule has 3 heterocycles. The number of rotatable bonds is 9. The van der Waals surface area contributed by atoms with E-state index in [4.69, 9.17) is 14.5 Å². The summed E-state index contributed by atoms with van der Waals surface area (Å²) in [4.78, 5) is 62.5. The summed E-state index contributed by atoms with van der Waals surface area (Å²) in [6, 6.07) is 2.29. The average molecular weight is 566 g/mol. The Morgan fingerprint density at radius 2 is 1.79 bits per heavy atom. The molecule has 0 saturated carbocycles. The molecule has 17 nitrogen and oxygen atoms in total. The Morgan fingerprint density at radius 3 is 2.38 bits per heavy atom. The SMILES string of the molecule is O=c1[nH]c(=O)n([C@@H]2C[C@H](O)[C@@H](CO)O2)cc1-c1ccc(OP(=O)(O)OP(=O)(O)OP(=O)(O)O)s1. The van der Waals surface area contributed by atoms with Crippen LogP contribution in [0.3, 0.4) is 0 Å². The van der Waals surface area contributed by atoms with Crippen LogP contribution in [0.25, 0.3) is 10.4 Å². The van der Waals surface area contributed by atoms with Crippen molar-refractivity contribution < 1.29 is 61.4 Å². The molecule has 190 valence electrons. The first-order chi connectivity index (χ1) is 15.6. The number of aliphatic hydroxyl groups excluding tert-OH is 2. The molecule has 2 aromatic rings. The zero-order chi connectivity index (χ0) is 25.5. The van der Waals surface area contributed by atoms with Crippen molar-refractivity contribution in [2.24, 2.45) is 0 Å². The van der Waals surface area contributed by atoms with Gasteiger partial charge in [0, 0.05) is 17.5 Å². The second-order valence-electron chi connectivity index (χ2n) is 6.63. The molecule has 0 aromatic carbocycles. The van der Waals surface area contributed by atoms with E-state index >= 15 is 0 Å². The van der Waals surface area contributed by atoms with Gasteiger partial charge in [-0.15, -0.1) is 0 Å². The quantitative estimate of drug-likeness (QED) is 0.191. The zero-order valence-corrected chi connectivity index (χ0v) is 19.9. The highest BCUT2D eigenvalue weighted by Gasteiger charge is 2.42. The van der Waals surface area contributed by atoms with Gasteiger partial charge in [0.15, 0.2) is 5.06 Å². The molecule has 0 radical (unpaired) electrons. The molecule has 21 heteroatoms. The van der Waals surface area contributed by atoms with Gasteiger partial charge in [-0.3, -0.25) is 19.2 Å². The van der Waals surface area contributed by atoms with Crippen LogP contribution >= 0.6 is 34.8 Å². The Balaban J connectivity index is 1.83. The molecule has 0 spiro atoms. The Morgan fingerprint density at radius 1 is 1.12 bits per heavy atom. The van der Waals surface area contributed by atoms with E-state index in [0.717, 1.165) is 16.8 Å². The molecule has 2 unspecified atom stereocenters. The lowest BCUT2D eigenvalue weighted by molar-refractivity contribution is -0.0458. The fourth-order valence-electron chi connectivity index (χ4n) is 2.85. The third kappa shape index (κ3) is 6.80. The van der Waals surface area contributed by atoms with Crippen LogP contribution in [0.2, 0.25) is 0 Å². The Hall–Kier alpha value is -1.49. The number of aromatic nitrogens is 2. The first-order valence-electron chi connectivity index (χ1n) is 8.82. The number of phosphoric acid groups is 3. The topological polar surface area (TPSA) is 264 Å². The minimum atomic E-state index is -5.71. The van der Waals surface area contributed by atoms with Crippen LogP contribution < -0.4 is 15.8 Å². The van der Waals surface area contributed by atoms with E-state index in [1.54, 1.807) is 0 Å². The highest BCUT2D eigenvalue weighted by molar-refractivity contribution is 7.66. The molecular weight excluding hydrogens is 549 g/mol. The summed E-state index contributed by atoms with van der Waals surface area (Å²) in [5.41, 5.74) is -1.85. The van der Waals surface area contributed by atoms with Crippen LogP contribution in [0, 0.1) is 0 Å². The van der Waals surface area contributed by atoms with Crippen molar-refractivity contribution in [1.82, 2.24) is 9.55 Å². The molecule has 0 amide bonds. The van der Waals surface area contributed by atoms with Gasteiger partial charge in [0.2, 0.25) is 0 Å². The highest BCUT2D eigenvalue weighted by Crippen LogP contribution is 2.66. The van der Waals surface area contributed by atoms with Gasteiger partial charge in [-0.1, -0.05) is 11.3 Å². The van der Waals surface area contributed by atoms with E-state index in [0.29, 0.717) is 11.3 Å². The lowest BCUT2D eigenvalue weighted by atomic mass is 10.2. The number of H-pyrrole nitrogens is 1. The van der Waals surface area contributed by atoms with Crippen LogP contribution in [0.4, 0.5) is 0 Å². The molecular formula is C13H17N2O15P3S. The summed E-state index contributed by atoms with van der Waals surface area (Å²) >= 11 is 0.563. The van der Waals surface area contributed by atoms with Gasteiger partial charge < -0.3 is 34.2 Å². The van der Waals surface area contributed by atoms with Crippen LogP contribution in [-0.2, 0) is 27.1 Å². The van der Waals surface area contributed by atoms with Crippen molar-refractivity contribution in [3.05, 3.63) is 39.2 Å². The first-order valence-corrected chi connectivity index (χ1v) is 14.2. The van der Waals surface area contributed by atoms with E-state index in [1.807, 2.05) is 4.98 Å². The average Bonchev–Trinajstić information content (AvgIpc) is 3.24. The maximum atomic E-state index is 12.3. The number of hydrogen-bond acceptors (Lipinski definition) is 12. The predicted octanol–water partition coefficient (Wildman–Crippen LogP) is -0.389. The highest BCUT2D eigenvalue weighted by atomic mass is 32.1. The Bertz CT molecular complexity index is 1310. The number of thiophene rings is 1. The fourth-order valence-corrected chi connectivity index (χ4v) is 6.95. The summed E-state index contributed by atoms with van der Waals surface area (Å²) in [6.07, 6.45) is -1.97. The monoisotopic (exact) mass is 566 g/mol. The molecule has 0 bridgehead atoms. The van der Waals surface area contributed by atoms with Crippen LogP contribution in [0.5, 0.6) is 5.06 Å². The molecule has 7 N–H and O–H groups in total. The molecule has 0 aliphatic carbocycles. The summed E-state index contributed by atoms with van der Waals surface area (Å²) in [6.45, 7) is -0.502. The van der Waals surface area contributed by atoms with Crippen LogP contribution in [0.1, 0.15) is 12.6 Å². The molecule has 34 heavy (non-hydrogen) atoms. The normalized spacial score (nSPS) is 24.5. The maximum absolute atomic E-state index is 12.3. The summed E-state index contributed by atoms with van der Waals surface area (Å²) < 4.78 is 52.2. The number of aromatic amines is 1. The van der Waals surface area contributed by atoms with Crippen molar-refractivity contribution in [2.45, 2.75) is 24.9 Å². The summed E-state index contributed by atoms with van der Waals surface area (Å²) in [5, 5.41) is 18.6. The zero-order valence-electron chi connectivity index (χ0n) is 16.4. The summed E-state index contributed by atoms with van der Waals surface area (Å²) in [7, 11) is -16.7. The molecule has 5 atom stereocenters. The molecule has 1 saturated heterocycles. The van der Waals surface area contributed by atoms with Crippen molar-refractivity contribution >= 4 is 34.8 Å². The lowest BCUT2D eigenvalue weighted by Gasteiger charge is -2.15. The maximum Gasteiger partial charge on any atom is 0.537 e. The van der Waals surface area contributed by atoms with Crippen LogP contribution in [0.15, 0.2) is 27.9 Å². The van der Waals surface area contributed by atoms with E-state index in [1.165, 1.54) is 6.07 Å². The number of ether oxygens (including phenoxy) is 1. The number of aliphatic hydroxyl groups is 2. The van der Waals surface area contributed by atoms with Crippen molar-refractivity contribution in [2.75, 3.05) is 6.61 Å². The van der Waals surface area contributed by atoms with Crippen molar-refractivity contribution in [3.8, 4) is 15.5 Å². The Labute approximate surface area is 192 Å². The number of phosphoric ester groups is 1. The van der Waals surface area contributed by atoms with Gasteiger partial charge >= 0.3 is 29.2 Å². The second kappa shape index (κ2) is 9.87. The van der Waals surface area contributed by atoms with Gasteiger partial charge in [0.25, 0.3) is 5.56 Å². The van der Waals surface area contributed by atoms with Crippen molar-refractivity contribution in [1.29, 1.82) is 0 Å². The lowest BCUT2D eigenvalue weighted by Crippen LogP contribution is -2.33. The minimum Gasteiger partial charge on any atom is -0.394 e. The van der Waals surface area contributed by atoms with Gasteiger partial charge in [-0.25, -0.2) is 18.5 Å². The third-order valence-electron chi connectivity index (χ3n) is 4.13. The van der Waals surface area contributed by atoms with Crippen LogP contribution in [-0.4, -0.2) is 58.2 Å². The van der Waals surface area contributed by atoms with Gasteiger partial charge in [-0.2, -0.15) is 8.62 Å². The van der Waals surface area contributed by atoms with E-state index in [2.05, 4.69) is 13.1 Å². The molecule has 3 rings (SSSR count). The first kappa shape index (κ1) is 27.1. The fraction of sp³-hybridized carbons (Fsp3) is 0.385. The molecule has 1 aliphatic rings. The number of nitrogens with zero attached hydrogens (tertiary/aromatic N) is 1. The van der Waals surface area contributed by atoms with E-state index < -0.39 is 64.8 Å². The molecule has 1 fully saturated rings. The van der Waals surface area contributed by atoms with Crippen molar-refractivity contribution in [3.63, 3.8) is 0 Å². The standard InChI is InChI=1S/C13H17N2O15P3S/c16-5-8-7(17)3-10(27-8)15-4-6(12(18)14-13(15)19)9-1-2-11(34-9)28-32(23,24)30-33(25,26)29-31(20,21)22/h1-2,4,7-8,10,16-17H,3,5H2,(H,23,24)(H,25,26)(H,14,18,19)(H2,20,21,22)/t7-,8+,10-/m0/s1. The predicted molar refractivity (Wildman–Crippen MR) is 111 cm³/mol. The molecule has 2 aromatic heterocycles. The largest absolute Gasteiger partial charge is 0.537 e. The third-order valence-corrected chi connectivity index (χ3v) is 9.00. The van der Waals surface area contributed by atoms with Gasteiger partial charge in [0.1, 0.15) is 12.3 Å². The summed E-state index contributed by atoms with van der Waals surface area (Å²) in [5.74, 6) is 0. The van der Waals surface area contributed by atoms with Gasteiger partial charge in [-0.05, 0) is 12.1 Å². The smallest absolute Gasteiger partial charge is 0.394 e. The minimum absolute atomic E-state index is 0.0572. The Kier molecular flexibility index (Phi) is 7.87.